The lowest BCUT2D eigenvalue weighted by atomic mass is 9.93. The number of thiocarbonyl (C=S) groups is 1. The van der Waals surface area contributed by atoms with Crippen LogP contribution in [0.25, 0.3) is 5.69 Å². The predicted molar refractivity (Wildman–Crippen MR) is 155 cm³/mol. The van der Waals surface area contributed by atoms with Gasteiger partial charge in [0.25, 0.3) is 0 Å². The summed E-state index contributed by atoms with van der Waals surface area (Å²) in [7, 11) is 1.50. The molecule has 4 aromatic rings. The smallest absolute Gasteiger partial charge is 0.250 e. The lowest BCUT2D eigenvalue weighted by Crippen LogP contribution is -2.29. The molecule has 8 heteroatoms. The van der Waals surface area contributed by atoms with Crippen LogP contribution in [0.3, 0.4) is 0 Å². The highest BCUT2D eigenvalue weighted by Crippen LogP contribution is 2.45. The van der Waals surface area contributed by atoms with Crippen LogP contribution in [0.4, 0.5) is 11.4 Å². The zero-order valence-corrected chi connectivity index (χ0v) is 22.8. The first-order chi connectivity index (χ1) is 18.4. The second-order valence-corrected chi connectivity index (χ2v) is 9.79. The van der Waals surface area contributed by atoms with Crippen molar-refractivity contribution in [3.8, 4) is 5.69 Å². The first kappa shape index (κ1) is 25.6. The Morgan fingerprint density at radius 3 is 2.34 bits per heavy atom. The summed E-state index contributed by atoms with van der Waals surface area (Å²) in [5.41, 5.74) is 8.47. The molecule has 1 aliphatic heterocycles. The first-order valence-electron chi connectivity index (χ1n) is 12.5. The van der Waals surface area contributed by atoms with Gasteiger partial charge in [-0.2, -0.15) is 0 Å². The summed E-state index contributed by atoms with van der Waals surface area (Å²) in [6.45, 7) is 6.52. The Kier molecular flexibility index (Phi) is 7.26. The minimum absolute atomic E-state index is 0.00597. The maximum Gasteiger partial charge on any atom is 0.250 e. The maximum absolute atomic E-state index is 12.0. The van der Waals surface area contributed by atoms with Gasteiger partial charge in [-0.3, -0.25) is 9.78 Å². The highest BCUT2D eigenvalue weighted by Gasteiger charge is 2.43. The van der Waals surface area contributed by atoms with Gasteiger partial charge in [0, 0.05) is 47.3 Å². The van der Waals surface area contributed by atoms with Gasteiger partial charge in [-0.25, -0.2) is 0 Å². The fourth-order valence-corrected chi connectivity index (χ4v) is 5.71. The Labute approximate surface area is 228 Å². The predicted octanol–water partition coefficient (Wildman–Crippen LogP) is 5.56. The van der Waals surface area contributed by atoms with E-state index in [1.807, 2.05) is 54.7 Å². The molecule has 5 rings (SSSR count). The molecule has 2 aromatic carbocycles. The van der Waals surface area contributed by atoms with Gasteiger partial charge in [-0.05, 0) is 87.1 Å². The first-order valence-corrected chi connectivity index (χ1v) is 12.9. The second kappa shape index (κ2) is 10.8. The van der Waals surface area contributed by atoms with Crippen molar-refractivity contribution < 1.29 is 9.53 Å². The topological polar surface area (TPSA) is 71.4 Å². The van der Waals surface area contributed by atoms with Gasteiger partial charge in [0.1, 0.15) is 6.61 Å². The summed E-state index contributed by atoms with van der Waals surface area (Å²) in [5, 5.41) is 7.04. The van der Waals surface area contributed by atoms with Crippen LogP contribution in [0.15, 0.2) is 79.0 Å². The number of aromatic nitrogens is 2. The number of nitrogens with zero attached hydrogens (tertiary/aromatic N) is 3. The molecule has 1 fully saturated rings. The van der Waals surface area contributed by atoms with E-state index in [4.69, 9.17) is 21.9 Å². The Morgan fingerprint density at radius 2 is 1.68 bits per heavy atom. The third-order valence-corrected chi connectivity index (χ3v) is 7.43. The molecular weight excluding hydrogens is 494 g/mol. The summed E-state index contributed by atoms with van der Waals surface area (Å²) in [6, 6.07) is 23.8. The minimum Gasteiger partial charge on any atom is -0.375 e. The summed E-state index contributed by atoms with van der Waals surface area (Å²) in [6.07, 6.45) is 1.82. The van der Waals surface area contributed by atoms with Crippen molar-refractivity contribution in [1.29, 1.82) is 0 Å². The quantitative estimate of drug-likeness (QED) is 0.308. The maximum atomic E-state index is 12.0. The van der Waals surface area contributed by atoms with Crippen LogP contribution >= 0.6 is 12.2 Å². The molecule has 0 unspecified atom stereocenters. The van der Waals surface area contributed by atoms with E-state index in [9.17, 15) is 4.79 Å². The van der Waals surface area contributed by atoms with E-state index in [1.54, 1.807) is 0 Å². The fourth-order valence-electron chi connectivity index (χ4n) is 5.37. The molecule has 2 aromatic heterocycles. The number of carbonyl (C=O) groups is 1. The van der Waals surface area contributed by atoms with Crippen molar-refractivity contribution in [1.82, 2.24) is 14.9 Å². The molecule has 0 bridgehead atoms. The van der Waals surface area contributed by atoms with Crippen LogP contribution in [0, 0.1) is 20.8 Å². The van der Waals surface area contributed by atoms with Gasteiger partial charge >= 0.3 is 0 Å². The number of hydrogen-bond acceptors (Lipinski definition) is 4. The zero-order valence-electron chi connectivity index (χ0n) is 21.9. The number of rotatable bonds is 7. The van der Waals surface area contributed by atoms with Crippen molar-refractivity contribution in [2.45, 2.75) is 32.9 Å². The molecule has 0 spiro atoms. The molecule has 2 N–H and O–H groups in total. The molecule has 1 amide bonds. The third kappa shape index (κ3) is 4.68. The minimum atomic E-state index is -0.198. The summed E-state index contributed by atoms with van der Waals surface area (Å²) in [5.74, 6) is -0.198. The van der Waals surface area contributed by atoms with E-state index < -0.39 is 0 Å². The SMILES string of the molecule is COCC(=O)Nc1ccc(N2C(=S)N[C@@H](c3ccccn3)[C@@H]2c2c(C)c(C)n(-c3ccccc3)c2C)cc1. The Balaban J connectivity index is 1.61. The average Bonchev–Trinajstić information content (AvgIpc) is 3.37. The number of carbonyl (C=O) groups excluding carboxylic acids is 1. The van der Waals surface area contributed by atoms with Gasteiger partial charge in [0.05, 0.1) is 17.8 Å². The van der Waals surface area contributed by atoms with E-state index in [-0.39, 0.29) is 24.6 Å². The van der Waals surface area contributed by atoms with Crippen LogP contribution in [0.1, 0.15) is 40.3 Å². The van der Waals surface area contributed by atoms with E-state index in [2.05, 4.69) is 65.1 Å². The van der Waals surface area contributed by atoms with Gasteiger partial charge < -0.3 is 24.8 Å². The Bertz CT molecular complexity index is 1450. The Hall–Kier alpha value is -4.01. The summed E-state index contributed by atoms with van der Waals surface area (Å²) in [4.78, 5) is 18.8. The number of nitrogens with one attached hydrogen (secondary N) is 2. The number of benzene rings is 2. The molecule has 1 aliphatic rings. The van der Waals surface area contributed by atoms with Crippen LogP contribution in [0.2, 0.25) is 0 Å². The number of amides is 1. The molecule has 3 heterocycles. The van der Waals surface area contributed by atoms with Crippen molar-refractivity contribution >= 4 is 34.6 Å². The largest absolute Gasteiger partial charge is 0.375 e. The van der Waals surface area contributed by atoms with E-state index in [0.717, 1.165) is 22.8 Å². The molecule has 38 heavy (non-hydrogen) atoms. The van der Waals surface area contributed by atoms with Crippen molar-refractivity contribution in [2.24, 2.45) is 0 Å². The second-order valence-electron chi connectivity index (χ2n) is 9.41. The summed E-state index contributed by atoms with van der Waals surface area (Å²) >= 11 is 5.93. The lowest BCUT2D eigenvalue weighted by Gasteiger charge is -2.29. The van der Waals surface area contributed by atoms with Crippen LogP contribution in [0.5, 0.6) is 0 Å². The number of anilines is 2. The van der Waals surface area contributed by atoms with Crippen molar-refractivity contribution in [2.75, 3.05) is 23.9 Å². The van der Waals surface area contributed by atoms with Gasteiger partial charge in [-0.1, -0.05) is 24.3 Å². The Morgan fingerprint density at radius 1 is 0.974 bits per heavy atom. The molecule has 7 nitrogen and oxygen atoms in total. The normalized spacial score (nSPS) is 16.9. The molecule has 0 radical (unpaired) electrons. The van der Waals surface area contributed by atoms with Crippen molar-refractivity contribution in [3.05, 3.63) is 107 Å². The molecule has 2 atom stereocenters. The monoisotopic (exact) mass is 525 g/mol. The van der Waals surface area contributed by atoms with E-state index in [1.165, 1.54) is 23.9 Å². The molecular formula is C30H31N5O2S. The number of ether oxygens (including phenoxy) is 1. The fraction of sp³-hybridized carbons (Fsp3) is 0.233. The summed E-state index contributed by atoms with van der Waals surface area (Å²) < 4.78 is 7.24. The number of methoxy groups -OCH3 is 1. The number of pyridine rings is 1. The van der Waals surface area contributed by atoms with Crippen molar-refractivity contribution in [3.63, 3.8) is 0 Å². The molecule has 194 valence electrons. The zero-order chi connectivity index (χ0) is 26.8. The molecule has 1 saturated heterocycles. The lowest BCUT2D eigenvalue weighted by molar-refractivity contribution is -0.119. The molecule has 0 saturated carbocycles. The number of hydrogen-bond donors (Lipinski definition) is 2. The van der Waals surface area contributed by atoms with Gasteiger partial charge in [0.15, 0.2) is 5.11 Å². The van der Waals surface area contributed by atoms with Gasteiger partial charge in [-0.15, -0.1) is 0 Å². The van der Waals surface area contributed by atoms with Crippen LogP contribution in [-0.2, 0) is 9.53 Å². The van der Waals surface area contributed by atoms with Crippen LogP contribution < -0.4 is 15.5 Å². The molecule has 0 aliphatic carbocycles. The third-order valence-electron chi connectivity index (χ3n) is 7.12. The van der Waals surface area contributed by atoms with E-state index >= 15 is 0 Å². The average molecular weight is 526 g/mol. The van der Waals surface area contributed by atoms with Gasteiger partial charge in [0.2, 0.25) is 5.91 Å². The highest BCUT2D eigenvalue weighted by atomic mass is 32.1. The standard InChI is InChI=1S/C30H31N5O2S/c1-19-20(2)34(23-10-6-5-7-11-23)21(3)27(19)29-28(25-12-8-9-17-31-25)33-30(38)35(29)24-15-13-22(14-16-24)32-26(36)18-37-4/h5-17,28-29H,18H2,1-4H3,(H,32,36)(H,33,38)/t28-,29-/m0/s1. The number of para-hydroxylation sites is 1. The van der Waals surface area contributed by atoms with Crippen LogP contribution in [-0.4, -0.2) is 34.3 Å². The van der Waals surface area contributed by atoms with E-state index in [0.29, 0.717) is 10.8 Å². The highest BCUT2D eigenvalue weighted by molar-refractivity contribution is 7.80.